The predicted octanol–water partition coefficient (Wildman–Crippen LogP) is 14.7. The van der Waals surface area contributed by atoms with Crippen LogP contribution >= 0.6 is 0 Å². The molecule has 1 heterocycles. The van der Waals surface area contributed by atoms with E-state index in [-0.39, 0.29) is 0 Å². The zero-order valence-corrected chi connectivity index (χ0v) is 31.1. The van der Waals surface area contributed by atoms with Crippen LogP contribution < -0.4 is 4.90 Å². The SMILES string of the molecule is c1ccc(-c2ccc(N(c3ccccc3)c3ccc(-c4c5c(cc6ccccc46)Cc4cc(-c6ccc(-c7nc8ccccc8o7)cc6)ccc4-5)cc3)cc2)cc1. The summed E-state index contributed by atoms with van der Waals surface area (Å²) in [6.45, 7) is 0. The fraction of sp³-hybridized carbons (Fsp3) is 0.0185. The van der Waals surface area contributed by atoms with Crippen molar-refractivity contribution in [3.63, 3.8) is 0 Å². The van der Waals surface area contributed by atoms with Crippen LogP contribution in [0.1, 0.15) is 11.1 Å². The lowest BCUT2D eigenvalue weighted by atomic mass is 9.88. The zero-order chi connectivity index (χ0) is 37.7. The lowest BCUT2D eigenvalue weighted by Gasteiger charge is -2.26. The molecule has 57 heavy (non-hydrogen) atoms. The van der Waals surface area contributed by atoms with E-state index in [0.717, 1.165) is 40.1 Å². The van der Waals surface area contributed by atoms with E-state index in [4.69, 9.17) is 9.40 Å². The van der Waals surface area contributed by atoms with Crippen LogP contribution in [0.15, 0.2) is 211 Å². The van der Waals surface area contributed by atoms with E-state index in [2.05, 4.69) is 187 Å². The molecular weight excluding hydrogens is 693 g/mol. The average Bonchev–Trinajstić information content (AvgIpc) is 3.88. The number of nitrogens with zero attached hydrogens (tertiary/aromatic N) is 2. The molecule has 11 rings (SSSR count). The fourth-order valence-electron chi connectivity index (χ4n) is 8.56. The fourth-order valence-corrected chi connectivity index (χ4v) is 8.56. The zero-order valence-electron chi connectivity index (χ0n) is 31.1. The molecule has 3 heteroatoms. The maximum atomic E-state index is 6.04. The topological polar surface area (TPSA) is 29.3 Å². The number of rotatable bonds is 7. The highest BCUT2D eigenvalue weighted by Gasteiger charge is 2.25. The van der Waals surface area contributed by atoms with Crippen molar-refractivity contribution in [3.05, 3.63) is 217 Å². The number of anilines is 3. The molecule has 0 saturated carbocycles. The van der Waals surface area contributed by atoms with E-state index >= 15 is 0 Å². The number of hydrogen-bond donors (Lipinski definition) is 0. The van der Waals surface area contributed by atoms with Crippen molar-refractivity contribution in [1.29, 1.82) is 0 Å². The van der Waals surface area contributed by atoms with Gasteiger partial charge < -0.3 is 9.32 Å². The Morgan fingerprint density at radius 1 is 0.404 bits per heavy atom. The molecule has 1 aliphatic rings. The van der Waals surface area contributed by atoms with Crippen molar-refractivity contribution in [2.75, 3.05) is 4.90 Å². The van der Waals surface area contributed by atoms with Crippen LogP contribution in [0.4, 0.5) is 17.1 Å². The van der Waals surface area contributed by atoms with Gasteiger partial charge in [0.25, 0.3) is 0 Å². The van der Waals surface area contributed by atoms with Crippen molar-refractivity contribution < 1.29 is 4.42 Å². The molecule has 0 fully saturated rings. The minimum absolute atomic E-state index is 0.644. The van der Waals surface area contributed by atoms with Gasteiger partial charge in [0.05, 0.1) is 0 Å². The van der Waals surface area contributed by atoms with E-state index in [1.807, 2.05) is 24.3 Å². The van der Waals surface area contributed by atoms with Crippen molar-refractivity contribution in [2.24, 2.45) is 0 Å². The molecule has 0 saturated heterocycles. The maximum Gasteiger partial charge on any atom is 0.227 e. The summed E-state index contributed by atoms with van der Waals surface area (Å²) in [7, 11) is 0. The molecule has 1 aliphatic carbocycles. The smallest absolute Gasteiger partial charge is 0.227 e. The Hall–Kier alpha value is -7.49. The van der Waals surface area contributed by atoms with E-state index in [0.29, 0.717) is 5.89 Å². The van der Waals surface area contributed by atoms with Gasteiger partial charge >= 0.3 is 0 Å². The molecule has 10 aromatic rings. The highest BCUT2D eigenvalue weighted by atomic mass is 16.3. The summed E-state index contributed by atoms with van der Waals surface area (Å²) in [5.41, 5.74) is 18.7. The Morgan fingerprint density at radius 2 is 0.965 bits per heavy atom. The molecule has 0 amide bonds. The van der Waals surface area contributed by atoms with Gasteiger partial charge in [-0.15, -0.1) is 0 Å². The van der Waals surface area contributed by atoms with Crippen LogP contribution in [0.2, 0.25) is 0 Å². The Labute approximate surface area is 331 Å². The van der Waals surface area contributed by atoms with Crippen LogP contribution in [0.25, 0.3) is 77.8 Å². The number of aromatic nitrogens is 1. The van der Waals surface area contributed by atoms with Crippen LogP contribution in [0.5, 0.6) is 0 Å². The normalized spacial score (nSPS) is 11.8. The maximum absolute atomic E-state index is 6.04. The Bertz CT molecular complexity index is 3020. The molecule has 0 radical (unpaired) electrons. The van der Waals surface area contributed by atoms with E-state index in [1.165, 1.54) is 66.4 Å². The lowest BCUT2D eigenvalue weighted by molar-refractivity contribution is 0.620. The van der Waals surface area contributed by atoms with Gasteiger partial charge in [-0.1, -0.05) is 146 Å². The van der Waals surface area contributed by atoms with Crippen LogP contribution in [-0.4, -0.2) is 4.98 Å². The first kappa shape index (κ1) is 32.9. The molecule has 0 spiro atoms. The molecule has 1 aromatic heterocycles. The van der Waals surface area contributed by atoms with Crippen molar-refractivity contribution in [2.45, 2.75) is 6.42 Å². The van der Waals surface area contributed by atoms with Gasteiger partial charge in [-0.3, -0.25) is 0 Å². The third-order valence-corrected chi connectivity index (χ3v) is 11.3. The van der Waals surface area contributed by atoms with Crippen LogP contribution in [0, 0.1) is 0 Å². The van der Waals surface area contributed by atoms with E-state index in [9.17, 15) is 0 Å². The lowest BCUT2D eigenvalue weighted by Crippen LogP contribution is -2.09. The summed E-state index contributed by atoms with van der Waals surface area (Å²) in [6.07, 6.45) is 0.899. The highest BCUT2D eigenvalue weighted by molar-refractivity contribution is 6.07. The monoisotopic (exact) mass is 728 g/mol. The number of hydrogen-bond acceptors (Lipinski definition) is 3. The second-order valence-electron chi connectivity index (χ2n) is 14.8. The molecular formula is C54H36N2O. The largest absolute Gasteiger partial charge is 0.436 e. The number of fused-ring (bicyclic) bond motifs is 5. The first-order valence-electron chi connectivity index (χ1n) is 19.5. The molecule has 0 unspecified atom stereocenters. The molecule has 268 valence electrons. The summed E-state index contributed by atoms with van der Waals surface area (Å²) >= 11 is 0. The minimum Gasteiger partial charge on any atom is -0.436 e. The van der Waals surface area contributed by atoms with Crippen LogP contribution in [0.3, 0.4) is 0 Å². The van der Waals surface area contributed by atoms with Gasteiger partial charge in [0.1, 0.15) is 5.52 Å². The summed E-state index contributed by atoms with van der Waals surface area (Å²) < 4.78 is 6.04. The van der Waals surface area contributed by atoms with Crippen molar-refractivity contribution in [3.8, 4) is 56.0 Å². The van der Waals surface area contributed by atoms with Crippen molar-refractivity contribution in [1.82, 2.24) is 4.98 Å². The number of para-hydroxylation sites is 3. The van der Waals surface area contributed by atoms with E-state index < -0.39 is 0 Å². The Morgan fingerprint density at radius 3 is 1.72 bits per heavy atom. The van der Waals surface area contributed by atoms with Crippen molar-refractivity contribution >= 4 is 38.9 Å². The molecule has 0 aliphatic heterocycles. The molecule has 0 atom stereocenters. The summed E-state index contributed by atoms with van der Waals surface area (Å²) in [5, 5.41) is 2.54. The third-order valence-electron chi connectivity index (χ3n) is 11.3. The summed E-state index contributed by atoms with van der Waals surface area (Å²) in [5.74, 6) is 0.644. The first-order chi connectivity index (χ1) is 28.2. The van der Waals surface area contributed by atoms with Gasteiger partial charge in [0.15, 0.2) is 5.58 Å². The van der Waals surface area contributed by atoms with Crippen LogP contribution in [-0.2, 0) is 6.42 Å². The van der Waals surface area contributed by atoms with Gasteiger partial charge in [0.2, 0.25) is 5.89 Å². The average molecular weight is 729 g/mol. The van der Waals surface area contributed by atoms with Gasteiger partial charge in [-0.25, -0.2) is 4.98 Å². The summed E-state index contributed by atoms with van der Waals surface area (Å²) in [4.78, 5) is 7.03. The minimum atomic E-state index is 0.644. The van der Waals surface area contributed by atoms with Gasteiger partial charge in [-0.2, -0.15) is 0 Å². The van der Waals surface area contributed by atoms with Gasteiger partial charge in [-0.05, 0) is 133 Å². The molecule has 3 nitrogen and oxygen atoms in total. The number of oxazole rings is 1. The Balaban J connectivity index is 0.952. The molecule has 9 aromatic carbocycles. The highest BCUT2D eigenvalue weighted by Crippen LogP contribution is 2.48. The third kappa shape index (κ3) is 5.89. The standard InChI is InChI=1S/C54H36N2O/c1-3-11-36(12-4-1)37-23-28-46(29-24-37)56(45-14-5-2-6-15-45)47-30-25-39(26-31-47)52-48-16-8-7-13-42(48)34-44-35-43-33-41(27-32-49(43)53(44)52)38-19-21-40(22-20-38)54-55-50-17-9-10-18-51(50)57-54/h1-34H,35H2. The predicted molar refractivity (Wildman–Crippen MR) is 236 cm³/mol. The quantitative estimate of drug-likeness (QED) is 0.164. The molecule has 0 bridgehead atoms. The van der Waals surface area contributed by atoms with E-state index in [1.54, 1.807) is 0 Å². The Kier molecular flexibility index (Phi) is 7.89. The number of benzene rings is 9. The second kappa shape index (κ2) is 13.7. The molecule has 0 N–H and O–H groups in total. The first-order valence-corrected chi connectivity index (χ1v) is 19.5. The van der Waals surface area contributed by atoms with Gasteiger partial charge in [0, 0.05) is 22.6 Å². The second-order valence-corrected chi connectivity index (χ2v) is 14.8. The summed E-state index contributed by atoms with van der Waals surface area (Å²) in [6, 6.07) is 73.8.